The molecule has 2 saturated heterocycles. The summed E-state index contributed by atoms with van der Waals surface area (Å²) in [6.45, 7) is 4.47. The molecular weight excluding hydrogens is 354 g/mol. The highest BCUT2D eigenvalue weighted by Gasteiger charge is 2.30. The van der Waals surface area contributed by atoms with Gasteiger partial charge in [-0.2, -0.15) is 0 Å². The molecule has 1 aromatic rings. The van der Waals surface area contributed by atoms with Gasteiger partial charge < -0.3 is 19.5 Å². The normalized spacial score (nSPS) is 24.6. The quantitative estimate of drug-likeness (QED) is 0.815. The van der Waals surface area contributed by atoms with Gasteiger partial charge in [0.1, 0.15) is 5.69 Å². The van der Waals surface area contributed by atoms with Gasteiger partial charge in [0.05, 0.1) is 6.10 Å². The van der Waals surface area contributed by atoms with Crippen molar-refractivity contribution >= 4 is 5.91 Å². The van der Waals surface area contributed by atoms with Gasteiger partial charge in [-0.05, 0) is 63.6 Å². The molecule has 0 spiro atoms. The summed E-state index contributed by atoms with van der Waals surface area (Å²) in [6, 6.07) is 5.59. The van der Waals surface area contributed by atoms with E-state index in [4.69, 9.17) is 4.74 Å². The molecule has 154 valence electrons. The van der Waals surface area contributed by atoms with Crippen molar-refractivity contribution in [2.75, 3.05) is 32.8 Å². The molecular formula is C22H33N3O3. The Bertz CT molecular complexity index is 699. The zero-order chi connectivity index (χ0) is 19.3. The van der Waals surface area contributed by atoms with Crippen LogP contribution in [0.2, 0.25) is 0 Å². The largest absolute Gasteiger partial charge is 0.376 e. The monoisotopic (exact) mass is 387 g/mol. The number of piperidine rings is 1. The number of hydrogen-bond donors (Lipinski definition) is 1. The third-order valence-electron chi connectivity index (χ3n) is 6.70. The molecule has 1 aromatic heterocycles. The van der Waals surface area contributed by atoms with Crippen LogP contribution in [0.4, 0.5) is 0 Å². The van der Waals surface area contributed by atoms with E-state index in [0.717, 1.165) is 58.0 Å². The average molecular weight is 388 g/mol. The van der Waals surface area contributed by atoms with E-state index in [1.54, 1.807) is 12.1 Å². The molecule has 4 rings (SSSR count). The number of ether oxygens (including phenoxy) is 1. The van der Waals surface area contributed by atoms with Gasteiger partial charge in [0.25, 0.3) is 5.91 Å². The minimum Gasteiger partial charge on any atom is -0.376 e. The van der Waals surface area contributed by atoms with Gasteiger partial charge in [0, 0.05) is 31.8 Å². The Morgan fingerprint density at radius 3 is 2.54 bits per heavy atom. The number of likely N-dealkylation sites (tertiary alicyclic amines) is 1. The van der Waals surface area contributed by atoms with E-state index in [0.29, 0.717) is 18.2 Å². The lowest BCUT2D eigenvalue weighted by molar-refractivity contribution is 0.0425. The first-order valence-corrected chi connectivity index (χ1v) is 11.0. The third-order valence-corrected chi connectivity index (χ3v) is 6.70. The van der Waals surface area contributed by atoms with Gasteiger partial charge in [-0.25, -0.2) is 0 Å². The van der Waals surface area contributed by atoms with Crippen LogP contribution in [-0.2, 0) is 4.74 Å². The van der Waals surface area contributed by atoms with E-state index in [1.807, 2.05) is 4.90 Å². The fourth-order valence-electron chi connectivity index (χ4n) is 5.10. The van der Waals surface area contributed by atoms with Gasteiger partial charge in [-0.1, -0.05) is 18.9 Å². The average Bonchev–Trinajstić information content (AvgIpc) is 3.42. The van der Waals surface area contributed by atoms with E-state index in [1.165, 1.54) is 31.7 Å². The Hall–Kier alpha value is -1.66. The molecule has 1 atom stereocenters. The van der Waals surface area contributed by atoms with E-state index >= 15 is 0 Å². The second-order valence-corrected chi connectivity index (χ2v) is 8.69. The van der Waals surface area contributed by atoms with E-state index in [-0.39, 0.29) is 17.6 Å². The van der Waals surface area contributed by atoms with Crippen molar-refractivity contribution in [3.63, 3.8) is 0 Å². The second-order valence-electron chi connectivity index (χ2n) is 8.69. The van der Waals surface area contributed by atoms with Crippen LogP contribution in [0.5, 0.6) is 0 Å². The number of nitrogens with zero attached hydrogens (tertiary/aromatic N) is 2. The Kier molecular flexibility index (Phi) is 6.47. The van der Waals surface area contributed by atoms with Crippen LogP contribution in [0, 0.1) is 5.92 Å². The number of amides is 1. The van der Waals surface area contributed by atoms with Crippen LogP contribution >= 0.6 is 0 Å². The number of carbonyl (C=O) groups is 1. The highest BCUT2D eigenvalue weighted by atomic mass is 16.5. The molecule has 3 fully saturated rings. The van der Waals surface area contributed by atoms with Crippen LogP contribution in [0.25, 0.3) is 0 Å². The molecule has 1 saturated carbocycles. The Balaban J connectivity index is 1.39. The minimum absolute atomic E-state index is 0.0774. The number of hydrogen-bond acceptors (Lipinski definition) is 4. The molecule has 1 amide bonds. The van der Waals surface area contributed by atoms with Crippen LogP contribution in [-0.4, -0.2) is 65.6 Å². The van der Waals surface area contributed by atoms with E-state index in [9.17, 15) is 9.59 Å². The van der Waals surface area contributed by atoms with Gasteiger partial charge in [0.2, 0.25) is 5.56 Å². The summed E-state index contributed by atoms with van der Waals surface area (Å²) in [7, 11) is 0. The first-order valence-electron chi connectivity index (χ1n) is 11.0. The van der Waals surface area contributed by atoms with Crippen molar-refractivity contribution in [1.82, 2.24) is 14.8 Å². The third kappa shape index (κ3) is 4.84. The van der Waals surface area contributed by atoms with Crippen LogP contribution < -0.4 is 5.56 Å². The molecule has 0 radical (unpaired) electrons. The van der Waals surface area contributed by atoms with Crippen molar-refractivity contribution in [3.05, 3.63) is 34.2 Å². The fourth-order valence-corrected chi connectivity index (χ4v) is 5.10. The first-order chi connectivity index (χ1) is 13.7. The SMILES string of the molecule is O=C(c1cccc(=O)[nH]1)N(CC1CCN(C2CCCC2)CC1)C[C@H]1CCCO1. The summed E-state index contributed by atoms with van der Waals surface area (Å²) in [4.78, 5) is 32.1. The number of aromatic amines is 1. The maximum atomic E-state index is 13.1. The molecule has 0 bridgehead atoms. The van der Waals surface area contributed by atoms with Crippen LogP contribution in [0.15, 0.2) is 23.0 Å². The smallest absolute Gasteiger partial charge is 0.270 e. The van der Waals surface area contributed by atoms with E-state index < -0.39 is 0 Å². The highest BCUT2D eigenvalue weighted by molar-refractivity contribution is 5.92. The predicted molar refractivity (Wildman–Crippen MR) is 108 cm³/mol. The molecule has 28 heavy (non-hydrogen) atoms. The van der Waals surface area contributed by atoms with E-state index in [2.05, 4.69) is 9.88 Å². The summed E-state index contributed by atoms with van der Waals surface area (Å²) in [6.07, 6.45) is 9.97. The number of H-pyrrole nitrogens is 1. The van der Waals surface area contributed by atoms with Gasteiger partial charge in [0.15, 0.2) is 0 Å². The first kappa shape index (κ1) is 19.6. The molecule has 3 aliphatic rings. The Morgan fingerprint density at radius 2 is 1.86 bits per heavy atom. The molecule has 2 aliphatic heterocycles. The standard InChI is InChI=1S/C22H33N3O3/c26-21-9-3-8-20(23-21)22(27)25(16-19-7-4-14-28-19)15-17-10-12-24(13-11-17)18-5-1-2-6-18/h3,8-9,17-19H,1-2,4-7,10-16H2,(H,23,26)/t19-/m1/s1. The van der Waals surface area contributed by atoms with Crippen molar-refractivity contribution in [2.24, 2.45) is 5.92 Å². The summed E-state index contributed by atoms with van der Waals surface area (Å²) < 4.78 is 5.79. The number of carbonyl (C=O) groups excluding carboxylic acids is 1. The van der Waals surface area contributed by atoms with Crippen molar-refractivity contribution in [1.29, 1.82) is 0 Å². The molecule has 3 heterocycles. The predicted octanol–water partition coefficient (Wildman–Crippen LogP) is 2.65. The second kappa shape index (κ2) is 9.23. The van der Waals surface area contributed by atoms with Crippen LogP contribution in [0.1, 0.15) is 61.9 Å². The Labute approximate surface area is 167 Å². The van der Waals surface area contributed by atoms with Gasteiger partial charge >= 0.3 is 0 Å². The zero-order valence-electron chi connectivity index (χ0n) is 16.8. The molecule has 0 unspecified atom stereocenters. The lowest BCUT2D eigenvalue weighted by Gasteiger charge is -2.38. The summed E-state index contributed by atoms with van der Waals surface area (Å²) in [5, 5.41) is 0. The number of nitrogens with one attached hydrogen (secondary N) is 1. The van der Waals surface area contributed by atoms with Gasteiger partial charge in [-0.3, -0.25) is 9.59 Å². The zero-order valence-corrected chi connectivity index (χ0v) is 16.8. The summed E-state index contributed by atoms with van der Waals surface area (Å²) in [5.41, 5.74) is 0.154. The Morgan fingerprint density at radius 1 is 1.07 bits per heavy atom. The highest BCUT2D eigenvalue weighted by Crippen LogP contribution is 2.28. The van der Waals surface area contributed by atoms with Crippen LogP contribution in [0.3, 0.4) is 0 Å². The summed E-state index contributed by atoms with van der Waals surface area (Å²) >= 11 is 0. The molecule has 1 aliphatic carbocycles. The number of aromatic nitrogens is 1. The van der Waals surface area contributed by atoms with Crippen molar-refractivity contribution in [3.8, 4) is 0 Å². The maximum Gasteiger partial charge on any atom is 0.270 e. The molecule has 0 aromatic carbocycles. The summed E-state index contributed by atoms with van der Waals surface area (Å²) in [5.74, 6) is 0.449. The minimum atomic E-state index is -0.229. The lowest BCUT2D eigenvalue weighted by atomic mass is 9.94. The molecule has 6 heteroatoms. The number of rotatable bonds is 6. The fraction of sp³-hybridized carbons (Fsp3) is 0.727. The molecule has 1 N–H and O–H groups in total. The maximum absolute atomic E-state index is 13.1. The topological polar surface area (TPSA) is 65.6 Å². The van der Waals surface area contributed by atoms with Crippen molar-refractivity contribution < 1.29 is 9.53 Å². The lowest BCUT2D eigenvalue weighted by Crippen LogP contribution is -2.45. The number of pyridine rings is 1. The van der Waals surface area contributed by atoms with Gasteiger partial charge in [-0.15, -0.1) is 0 Å². The van der Waals surface area contributed by atoms with Crippen molar-refractivity contribution in [2.45, 2.75) is 63.5 Å². The molecule has 6 nitrogen and oxygen atoms in total.